The fraction of sp³-hybridized carbons (Fsp3) is 0.350. The van der Waals surface area contributed by atoms with Gasteiger partial charge in [-0.05, 0) is 25.5 Å². The molecule has 1 aliphatic heterocycles. The molecule has 0 saturated carbocycles. The maximum absolute atomic E-state index is 14.0. The van der Waals surface area contributed by atoms with Crippen molar-refractivity contribution in [3.8, 4) is 0 Å². The zero-order chi connectivity index (χ0) is 21.3. The molecular weight excluding hydrogens is 391 g/mol. The normalized spacial score (nSPS) is 16.3. The summed E-state index contributed by atoms with van der Waals surface area (Å²) in [5.41, 5.74) is 1.59. The smallest absolute Gasteiger partial charge is 0.269 e. The lowest BCUT2D eigenvalue weighted by molar-refractivity contribution is -0.130. The summed E-state index contributed by atoms with van der Waals surface area (Å²) in [5, 5.41) is 10.8. The number of aryl methyl sites for hydroxylation is 2. The van der Waals surface area contributed by atoms with Crippen LogP contribution in [-0.4, -0.2) is 36.6 Å². The van der Waals surface area contributed by atoms with E-state index >= 15 is 0 Å². The largest absolute Gasteiger partial charge is 0.343 e. The van der Waals surface area contributed by atoms with E-state index in [0.717, 1.165) is 5.69 Å². The number of carbonyl (C=O) groups is 2. The van der Waals surface area contributed by atoms with Crippen molar-refractivity contribution >= 4 is 11.8 Å². The van der Waals surface area contributed by atoms with E-state index in [1.807, 2.05) is 0 Å². The molecule has 0 unspecified atom stereocenters. The average Bonchev–Trinajstić information content (AvgIpc) is 3.41. The topological polar surface area (TPSA) is 106 Å². The van der Waals surface area contributed by atoms with Gasteiger partial charge in [0.25, 0.3) is 5.91 Å². The lowest BCUT2D eigenvalue weighted by Gasteiger charge is -2.22. The number of amides is 2. The second-order valence-electron chi connectivity index (χ2n) is 7.19. The number of benzene rings is 1. The molecule has 1 fully saturated rings. The summed E-state index contributed by atoms with van der Waals surface area (Å²) < 4.78 is 20.9. The minimum Gasteiger partial charge on any atom is -0.343 e. The molecule has 3 heterocycles. The number of hydrogen-bond acceptors (Lipinski definition) is 6. The number of nitrogens with zero attached hydrogens (tertiary/aromatic N) is 5. The molecule has 2 aromatic heterocycles. The summed E-state index contributed by atoms with van der Waals surface area (Å²) in [6.07, 6.45) is 0.836. The van der Waals surface area contributed by atoms with E-state index in [0.29, 0.717) is 29.9 Å². The Labute approximate surface area is 171 Å². The highest BCUT2D eigenvalue weighted by Crippen LogP contribution is 2.33. The maximum Gasteiger partial charge on any atom is 0.269 e. The van der Waals surface area contributed by atoms with Gasteiger partial charge in [-0.3, -0.25) is 14.3 Å². The summed E-state index contributed by atoms with van der Waals surface area (Å²) in [5.74, 6) is -0.194. The fourth-order valence-corrected chi connectivity index (χ4v) is 3.55. The molecule has 3 aromatic rings. The van der Waals surface area contributed by atoms with E-state index < -0.39 is 6.04 Å². The molecule has 9 nitrogen and oxygen atoms in total. The van der Waals surface area contributed by atoms with Crippen LogP contribution in [0.2, 0.25) is 0 Å². The van der Waals surface area contributed by atoms with Gasteiger partial charge in [-0.1, -0.05) is 23.4 Å². The molecule has 2 amide bonds. The predicted octanol–water partition coefficient (Wildman–Crippen LogP) is 2.04. The minimum atomic E-state index is -0.422. The Morgan fingerprint density at radius 3 is 2.90 bits per heavy atom. The molecule has 0 radical (unpaired) electrons. The summed E-state index contributed by atoms with van der Waals surface area (Å²) in [4.78, 5) is 30.5. The zero-order valence-electron chi connectivity index (χ0n) is 16.6. The third-order valence-electron chi connectivity index (χ3n) is 5.04. The van der Waals surface area contributed by atoms with Gasteiger partial charge in [-0.15, -0.1) is 0 Å². The quantitative estimate of drug-likeness (QED) is 0.664. The standard InChI is InChI=1S/C20H21FN6O3/c1-12-9-16(26(2)24-12)19(29)22-10-17-23-20(30-25-17)15-7-8-18(28)27(15)11-13-5-3-4-6-14(13)21/h3-6,9,15H,7-8,10-11H2,1-2H3,(H,22,29)/t15-/m0/s1. The Balaban J connectivity index is 1.43. The van der Waals surface area contributed by atoms with E-state index in [-0.39, 0.29) is 36.6 Å². The number of carbonyl (C=O) groups excluding carboxylic acids is 2. The number of halogens is 1. The van der Waals surface area contributed by atoms with Crippen molar-refractivity contribution in [3.05, 3.63) is 64.8 Å². The van der Waals surface area contributed by atoms with Crippen molar-refractivity contribution in [2.75, 3.05) is 0 Å². The molecule has 0 spiro atoms. The Bertz CT molecular complexity index is 1090. The molecule has 30 heavy (non-hydrogen) atoms. The highest BCUT2D eigenvalue weighted by molar-refractivity contribution is 5.92. The molecule has 0 aliphatic carbocycles. The van der Waals surface area contributed by atoms with Crippen LogP contribution in [0.25, 0.3) is 0 Å². The van der Waals surface area contributed by atoms with E-state index in [9.17, 15) is 14.0 Å². The minimum absolute atomic E-state index is 0.0700. The molecule has 4 rings (SSSR count). The third kappa shape index (κ3) is 3.93. The third-order valence-corrected chi connectivity index (χ3v) is 5.04. The van der Waals surface area contributed by atoms with Crippen molar-refractivity contribution in [1.82, 2.24) is 30.1 Å². The Hall–Kier alpha value is -3.56. The number of hydrogen-bond donors (Lipinski definition) is 1. The molecule has 1 saturated heterocycles. The molecule has 0 bridgehead atoms. The van der Waals surface area contributed by atoms with Gasteiger partial charge >= 0.3 is 0 Å². The van der Waals surface area contributed by atoms with Crippen LogP contribution in [0.1, 0.15) is 52.3 Å². The zero-order valence-corrected chi connectivity index (χ0v) is 16.6. The van der Waals surface area contributed by atoms with Crippen molar-refractivity contribution < 1.29 is 18.5 Å². The van der Waals surface area contributed by atoms with Gasteiger partial charge in [0.2, 0.25) is 11.8 Å². The van der Waals surface area contributed by atoms with Gasteiger partial charge in [0.15, 0.2) is 5.82 Å². The average molecular weight is 412 g/mol. The molecule has 1 N–H and O–H groups in total. The van der Waals surface area contributed by atoms with E-state index in [1.165, 1.54) is 10.7 Å². The first-order chi connectivity index (χ1) is 14.4. The lowest BCUT2D eigenvalue weighted by atomic mass is 10.1. The van der Waals surface area contributed by atoms with Crippen molar-refractivity contribution in [1.29, 1.82) is 0 Å². The first-order valence-corrected chi connectivity index (χ1v) is 9.56. The van der Waals surface area contributed by atoms with Crippen molar-refractivity contribution in [2.24, 2.45) is 7.05 Å². The van der Waals surface area contributed by atoms with Crippen LogP contribution in [-0.2, 0) is 24.9 Å². The van der Waals surface area contributed by atoms with Crippen LogP contribution < -0.4 is 5.32 Å². The van der Waals surface area contributed by atoms with Gasteiger partial charge in [-0.2, -0.15) is 10.1 Å². The van der Waals surface area contributed by atoms with Gasteiger partial charge in [-0.25, -0.2) is 4.39 Å². The first-order valence-electron chi connectivity index (χ1n) is 9.56. The van der Waals surface area contributed by atoms with Gasteiger partial charge in [0.1, 0.15) is 17.6 Å². The summed E-state index contributed by atoms with van der Waals surface area (Å²) >= 11 is 0. The summed E-state index contributed by atoms with van der Waals surface area (Å²) in [7, 11) is 1.69. The predicted molar refractivity (Wildman–Crippen MR) is 102 cm³/mol. The molecule has 1 atom stereocenters. The van der Waals surface area contributed by atoms with Crippen LogP contribution in [0.3, 0.4) is 0 Å². The number of aromatic nitrogens is 4. The lowest BCUT2D eigenvalue weighted by Crippen LogP contribution is -2.28. The van der Waals surface area contributed by atoms with E-state index in [2.05, 4.69) is 20.6 Å². The van der Waals surface area contributed by atoms with Crippen LogP contribution in [0.5, 0.6) is 0 Å². The first kappa shape index (κ1) is 19.7. The molecular formula is C20H21FN6O3. The monoisotopic (exact) mass is 412 g/mol. The number of likely N-dealkylation sites (tertiary alicyclic amines) is 1. The van der Waals surface area contributed by atoms with Crippen LogP contribution in [0.15, 0.2) is 34.9 Å². The van der Waals surface area contributed by atoms with E-state index in [1.54, 1.807) is 43.1 Å². The van der Waals surface area contributed by atoms with Crippen LogP contribution in [0.4, 0.5) is 4.39 Å². The molecule has 1 aromatic carbocycles. The summed E-state index contributed by atoms with van der Waals surface area (Å²) in [6, 6.07) is 7.60. The fourth-order valence-electron chi connectivity index (χ4n) is 3.55. The maximum atomic E-state index is 14.0. The Morgan fingerprint density at radius 2 is 2.17 bits per heavy atom. The highest BCUT2D eigenvalue weighted by atomic mass is 19.1. The highest BCUT2D eigenvalue weighted by Gasteiger charge is 2.36. The van der Waals surface area contributed by atoms with E-state index in [4.69, 9.17) is 4.52 Å². The van der Waals surface area contributed by atoms with Gasteiger partial charge in [0, 0.05) is 25.6 Å². The van der Waals surface area contributed by atoms with Crippen molar-refractivity contribution in [3.63, 3.8) is 0 Å². The number of rotatable bonds is 6. The second kappa shape index (κ2) is 8.05. The molecule has 1 aliphatic rings. The number of nitrogens with one attached hydrogen (secondary N) is 1. The summed E-state index contributed by atoms with van der Waals surface area (Å²) in [6.45, 7) is 2.00. The Kier molecular flexibility index (Phi) is 5.30. The molecule has 156 valence electrons. The van der Waals surface area contributed by atoms with Crippen LogP contribution in [0, 0.1) is 12.7 Å². The Morgan fingerprint density at radius 1 is 1.37 bits per heavy atom. The second-order valence-corrected chi connectivity index (χ2v) is 7.19. The molecule has 10 heteroatoms. The van der Waals surface area contributed by atoms with Gasteiger partial charge in [0.05, 0.1) is 12.2 Å². The van der Waals surface area contributed by atoms with Crippen LogP contribution >= 0.6 is 0 Å². The van der Waals surface area contributed by atoms with Crippen molar-refractivity contribution in [2.45, 2.75) is 38.9 Å². The van der Waals surface area contributed by atoms with Gasteiger partial charge < -0.3 is 14.7 Å². The SMILES string of the molecule is Cc1cc(C(=O)NCc2noc([C@@H]3CCC(=O)N3Cc3ccccc3F)n2)n(C)n1.